The summed E-state index contributed by atoms with van der Waals surface area (Å²) in [4.78, 5) is 20.6. The molecule has 0 aliphatic rings. The maximum atomic E-state index is 13.3. The van der Waals surface area contributed by atoms with Crippen molar-refractivity contribution in [3.05, 3.63) is 34.8 Å². The van der Waals surface area contributed by atoms with Gasteiger partial charge in [-0.25, -0.2) is 9.37 Å². The van der Waals surface area contributed by atoms with Gasteiger partial charge >= 0.3 is 0 Å². The lowest BCUT2D eigenvalue weighted by Crippen LogP contribution is -2.27. The summed E-state index contributed by atoms with van der Waals surface area (Å²) in [7, 11) is 1.56. The summed E-state index contributed by atoms with van der Waals surface area (Å²) >= 11 is 2.73. The Bertz CT molecular complexity index is 726. The van der Waals surface area contributed by atoms with E-state index in [-0.39, 0.29) is 11.6 Å². The number of likely N-dealkylation sites (N-methyl/N-ethyl adjacent to an activating group) is 1. The molecule has 0 aliphatic heterocycles. The van der Waals surface area contributed by atoms with Gasteiger partial charge in [-0.2, -0.15) is 17.0 Å². The predicted molar refractivity (Wildman–Crippen MR) is 85.2 cm³/mol. The molecular formula is C14H13FN4OS2. The molecule has 0 saturated heterocycles. The highest BCUT2D eigenvalue weighted by Gasteiger charge is 2.26. The van der Waals surface area contributed by atoms with E-state index in [9.17, 15) is 14.4 Å². The van der Waals surface area contributed by atoms with Crippen LogP contribution < -0.4 is 5.32 Å². The first-order chi connectivity index (χ1) is 10.6. The Kier molecular flexibility index (Phi) is 5.46. The number of nitriles is 1. The largest absolute Gasteiger partial charge is 0.359 e. The van der Waals surface area contributed by atoms with Crippen molar-refractivity contribution in [2.75, 3.05) is 19.1 Å². The molecule has 2 aromatic heterocycles. The summed E-state index contributed by atoms with van der Waals surface area (Å²) in [6, 6.07) is 3.32. The average molecular weight is 336 g/mol. The van der Waals surface area contributed by atoms with E-state index in [0.717, 1.165) is 6.20 Å². The monoisotopic (exact) mass is 336 g/mol. The summed E-state index contributed by atoms with van der Waals surface area (Å²) in [5.41, 5.74) is 0.694. The second-order valence-electron chi connectivity index (χ2n) is 4.36. The zero-order chi connectivity index (χ0) is 16.1. The van der Waals surface area contributed by atoms with E-state index >= 15 is 0 Å². The van der Waals surface area contributed by atoms with Crippen molar-refractivity contribution >= 4 is 29.0 Å². The number of pyridine rings is 1. The third-order valence-electron chi connectivity index (χ3n) is 2.92. The lowest BCUT2D eigenvalue weighted by atomic mass is 10.1. The molecule has 1 N–H and O–H groups in total. The number of hydrogen-bond acceptors (Lipinski definition) is 6. The fourth-order valence-corrected chi connectivity index (χ4v) is 3.76. The lowest BCUT2D eigenvalue weighted by Gasteiger charge is -2.12. The molecule has 2 heterocycles. The van der Waals surface area contributed by atoms with Crippen molar-refractivity contribution < 1.29 is 9.18 Å². The second-order valence-corrected chi connectivity index (χ2v) is 6.30. The molecule has 2 aromatic rings. The summed E-state index contributed by atoms with van der Waals surface area (Å²) in [5.74, 6) is -0.558. The van der Waals surface area contributed by atoms with Crippen LogP contribution >= 0.6 is 23.1 Å². The minimum Gasteiger partial charge on any atom is -0.359 e. The van der Waals surface area contributed by atoms with E-state index in [4.69, 9.17) is 0 Å². The van der Waals surface area contributed by atoms with Crippen LogP contribution in [0, 0.1) is 17.1 Å². The summed E-state index contributed by atoms with van der Waals surface area (Å²) < 4.78 is 13.3. The molecule has 0 radical (unpaired) electrons. The smallest absolute Gasteiger partial charge is 0.229 e. The lowest BCUT2D eigenvalue weighted by molar-refractivity contribution is -0.121. The SMILES string of the molecule is CNC(=O)C(CSC)c1sc(-c2cncc(F)c2)nc1C#N. The predicted octanol–water partition coefficient (Wildman–Crippen LogP) is 2.41. The Morgan fingerprint density at radius 2 is 2.36 bits per heavy atom. The number of rotatable bonds is 5. The topological polar surface area (TPSA) is 78.7 Å². The van der Waals surface area contributed by atoms with Crippen LogP contribution in [0.5, 0.6) is 0 Å². The third kappa shape index (κ3) is 3.43. The van der Waals surface area contributed by atoms with Gasteiger partial charge in [-0.1, -0.05) is 0 Å². The van der Waals surface area contributed by atoms with Crippen molar-refractivity contribution in [1.82, 2.24) is 15.3 Å². The molecule has 22 heavy (non-hydrogen) atoms. The van der Waals surface area contributed by atoms with Crippen molar-refractivity contribution in [2.45, 2.75) is 5.92 Å². The number of amides is 1. The van der Waals surface area contributed by atoms with Gasteiger partial charge in [0.05, 0.1) is 17.0 Å². The molecule has 0 saturated carbocycles. The first kappa shape index (κ1) is 16.4. The number of carbonyl (C=O) groups is 1. The Morgan fingerprint density at radius 3 is 2.95 bits per heavy atom. The van der Waals surface area contributed by atoms with Crippen molar-refractivity contribution in [2.24, 2.45) is 0 Å². The van der Waals surface area contributed by atoms with Crippen LogP contribution in [0.3, 0.4) is 0 Å². The summed E-state index contributed by atoms with van der Waals surface area (Å²) in [6.07, 6.45) is 4.47. The molecule has 1 amide bonds. The number of carbonyl (C=O) groups excluding carboxylic acids is 1. The average Bonchev–Trinajstić information content (AvgIpc) is 2.96. The zero-order valence-corrected chi connectivity index (χ0v) is 13.6. The number of nitrogens with zero attached hydrogens (tertiary/aromatic N) is 3. The van der Waals surface area contributed by atoms with Gasteiger partial charge in [0, 0.05) is 24.6 Å². The van der Waals surface area contributed by atoms with Gasteiger partial charge < -0.3 is 5.32 Å². The molecular weight excluding hydrogens is 323 g/mol. The minimum absolute atomic E-state index is 0.168. The molecule has 114 valence electrons. The Hall–Kier alpha value is -1.98. The van der Waals surface area contributed by atoms with Gasteiger partial charge in [0.1, 0.15) is 16.9 Å². The highest BCUT2D eigenvalue weighted by atomic mass is 32.2. The maximum absolute atomic E-state index is 13.3. The third-order valence-corrected chi connectivity index (χ3v) is 4.81. The van der Waals surface area contributed by atoms with Crippen LogP contribution in [0.15, 0.2) is 18.5 Å². The van der Waals surface area contributed by atoms with Gasteiger partial charge in [-0.15, -0.1) is 11.3 Å². The fraction of sp³-hybridized carbons (Fsp3) is 0.286. The van der Waals surface area contributed by atoms with Gasteiger partial charge in [0.15, 0.2) is 5.69 Å². The highest BCUT2D eigenvalue weighted by molar-refractivity contribution is 7.98. The van der Waals surface area contributed by atoms with Crippen LogP contribution in [-0.2, 0) is 4.79 Å². The Morgan fingerprint density at radius 1 is 1.59 bits per heavy atom. The molecule has 1 atom stereocenters. The van der Waals surface area contributed by atoms with E-state index in [1.54, 1.807) is 7.05 Å². The molecule has 1 unspecified atom stereocenters. The second kappa shape index (κ2) is 7.33. The van der Waals surface area contributed by atoms with E-state index in [1.165, 1.54) is 35.4 Å². The maximum Gasteiger partial charge on any atom is 0.229 e. The first-order valence-corrected chi connectivity index (χ1v) is 8.54. The van der Waals surface area contributed by atoms with E-state index in [1.807, 2.05) is 12.3 Å². The number of nitrogens with one attached hydrogen (secondary N) is 1. The molecule has 0 fully saturated rings. The molecule has 8 heteroatoms. The summed E-state index contributed by atoms with van der Waals surface area (Å²) in [5, 5.41) is 12.4. The van der Waals surface area contributed by atoms with Gasteiger partial charge in [0.25, 0.3) is 0 Å². The van der Waals surface area contributed by atoms with Crippen LogP contribution in [0.1, 0.15) is 16.5 Å². The Balaban J connectivity index is 2.48. The molecule has 2 rings (SSSR count). The van der Waals surface area contributed by atoms with Crippen LogP contribution in [0.25, 0.3) is 10.6 Å². The van der Waals surface area contributed by atoms with Gasteiger partial charge in [-0.05, 0) is 12.3 Å². The highest BCUT2D eigenvalue weighted by Crippen LogP contribution is 2.34. The van der Waals surface area contributed by atoms with Crippen LogP contribution in [-0.4, -0.2) is 34.9 Å². The molecule has 0 spiro atoms. The fourth-order valence-electron chi connectivity index (χ4n) is 1.91. The quantitative estimate of drug-likeness (QED) is 0.907. The standard InChI is InChI=1S/C14H13FN4OS2/c1-17-13(20)10(7-21-2)12-11(4-16)19-14(22-12)8-3-9(15)6-18-5-8/h3,5-6,10H,7H2,1-2H3,(H,17,20). The van der Waals surface area contributed by atoms with Crippen molar-refractivity contribution in [1.29, 1.82) is 5.26 Å². The molecule has 5 nitrogen and oxygen atoms in total. The minimum atomic E-state index is -0.472. The van der Waals surface area contributed by atoms with Crippen molar-refractivity contribution in [3.63, 3.8) is 0 Å². The number of aromatic nitrogens is 2. The number of thiazole rings is 1. The summed E-state index contributed by atoms with van der Waals surface area (Å²) in [6.45, 7) is 0. The number of hydrogen-bond donors (Lipinski definition) is 1. The molecule has 0 bridgehead atoms. The van der Waals surface area contributed by atoms with E-state index in [2.05, 4.69) is 15.3 Å². The van der Waals surface area contributed by atoms with Gasteiger partial charge in [0.2, 0.25) is 5.91 Å². The normalized spacial score (nSPS) is 11.7. The van der Waals surface area contributed by atoms with Crippen LogP contribution in [0.2, 0.25) is 0 Å². The number of halogens is 1. The first-order valence-electron chi connectivity index (χ1n) is 6.33. The Labute approximate surface area is 135 Å². The van der Waals surface area contributed by atoms with E-state index < -0.39 is 11.7 Å². The zero-order valence-electron chi connectivity index (χ0n) is 12.0. The van der Waals surface area contributed by atoms with Crippen molar-refractivity contribution in [3.8, 4) is 16.6 Å². The molecule has 0 aliphatic carbocycles. The van der Waals surface area contributed by atoms with Crippen LogP contribution in [0.4, 0.5) is 4.39 Å². The van der Waals surface area contributed by atoms with E-state index in [0.29, 0.717) is 21.2 Å². The molecule has 0 aromatic carbocycles. The van der Waals surface area contributed by atoms with Gasteiger partial charge in [-0.3, -0.25) is 9.78 Å². The number of thioether (sulfide) groups is 1.